The lowest BCUT2D eigenvalue weighted by atomic mass is 9.48. The lowest BCUT2D eigenvalue weighted by molar-refractivity contribution is -0.119. The van der Waals surface area contributed by atoms with Gasteiger partial charge in [-0.25, -0.2) is 0 Å². The van der Waals surface area contributed by atoms with Gasteiger partial charge in [0.15, 0.2) is 12.1 Å². The van der Waals surface area contributed by atoms with Crippen molar-refractivity contribution in [2.45, 2.75) is 65.0 Å². The number of ether oxygens (including phenoxy) is 3. The predicted molar refractivity (Wildman–Crippen MR) is 104 cm³/mol. The molecule has 4 nitrogen and oxygen atoms in total. The fourth-order valence-electron chi connectivity index (χ4n) is 8.14. The smallest absolute Gasteiger partial charge is 0.187 e. The second-order valence-corrected chi connectivity index (χ2v) is 10.6. The Bertz CT molecular complexity index is 765. The average molecular weight is 385 g/mol. The maximum Gasteiger partial charge on any atom is 0.187 e. The molecule has 0 spiro atoms. The van der Waals surface area contributed by atoms with Gasteiger partial charge in [0.1, 0.15) is 12.2 Å². The molecule has 0 aromatic carbocycles. The van der Waals surface area contributed by atoms with Crippen LogP contribution in [-0.4, -0.2) is 37.5 Å². The van der Waals surface area contributed by atoms with Gasteiger partial charge >= 0.3 is 0 Å². The molecule has 152 valence electrons. The largest absolute Gasteiger partial charge is 0.360 e. The number of hydrogen-bond acceptors (Lipinski definition) is 4. The first-order chi connectivity index (χ1) is 13.4. The number of ketones is 1. The third-order valence-corrected chi connectivity index (χ3v) is 9.67. The van der Waals surface area contributed by atoms with E-state index in [-0.39, 0.29) is 29.7 Å². The Morgan fingerprint density at radius 3 is 2.68 bits per heavy atom. The Hall–Kier alpha value is -0.970. The molecule has 1 unspecified atom stereocenters. The first-order valence-electron chi connectivity index (χ1n) is 11.3. The summed E-state index contributed by atoms with van der Waals surface area (Å²) in [5, 5.41) is 0. The fourth-order valence-corrected chi connectivity index (χ4v) is 8.14. The summed E-state index contributed by atoms with van der Waals surface area (Å²) in [4.78, 5) is 12.2. The number of hydrogen-bond donors (Lipinski definition) is 0. The van der Waals surface area contributed by atoms with Crippen molar-refractivity contribution < 1.29 is 19.0 Å². The molecule has 4 fully saturated rings. The molecule has 2 saturated carbocycles. The van der Waals surface area contributed by atoms with E-state index >= 15 is 0 Å². The van der Waals surface area contributed by atoms with Crippen molar-refractivity contribution in [1.29, 1.82) is 0 Å². The molecule has 6 rings (SSSR count). The fraction of sp³-hybridized carbons (Fsp3) is 0.792. The van der Waals surface area contributed by atoms with Crippen molar-refractivity contribution >= 4 is 5.78 Å². The van der Waals surface area contributed by atoms with E-state index in [0.717, 1.165) is 13.2 Å². The number of fused-ring (bicyclic) bond motifs is 7. The normalized spacial score (nSPS) is 53.1. The summed E-state index contributed by atoms with van der Waals surface area (Å²) >= 11 is 0. The molecule has 6 aliphatic rings. The zero-order valence-corrected chi connectivity index (χ0v) is 17.2. The molecule has 0 radical (unpaired) electrons. The van der Waals surface area contributed by atoms with Crippen molar-refractivity contribution in [2.24, 2.45) is 40.4 Å². The van der Waals surface area contributed by atoms with Crippen LogP contribution in [0, 0.1) is 40.4 Å². The topological polar surface area (TPSA) is 48.1 Å². The number of epoxide rings is 1. The van der Waals surface area contributed by atoms with E-state index in [1.54, 1.807) is 0 Å². The van der Waals surface area contributed by atoms with Gasteiger partial charge in [0, 0.05) is 11.3 Å². The van der Waals surface area contributed by atoms with Crippen LogP contribution in [0.5, 0.6) is 0 Å². The van der Waals surface area contributed by atoms with Gasteiger partial charge in [0.25, 0.3) is 0 Å². The highest BCUT2D eigenvalue weighted by molar-refractivity contribution is 5.98. The molecule has 2 saturated heterocycles. The van der Waals surface area contributed by atoms with Crippen LogP contribution in [-0.2, 0) is 19.0 Å². The van der Waals surface area contributed by atoms with Crippen LogP contribution in [0.4, 0.5) is 0 Å². The highest BCUT2D eigenvalue weighted by Gasteiger charge is 2.67. The molecule has 0 aromatic heterocycles. The van der Waals surface area contributed by atoms with Gasteiger partial charge in [-0.3, -0.25) is 4.79 Å². The van der Waals surface area contributed by atoms with E-state index in [0.29, 0.717) is 35.0 Å². The molecule has 28 heavy (non-hydrogen) atoms. The van der Waals surface area contributed by atoms with E-state index in [1.807, 2.05) is 6.08 Å². The first-order valence-corrected chi connectivity index (χ1v) is 11.3. The molecular weight excluding hydrogens is 352 g/mol. The van der Waals surface area contributed by atoms with E-state index in [9.17, 15) is 4.79 Å². The van der Waals surface area contributed by atoms with Gasteiger partial charge in [-0.1, -0.05) is 32.9 Å². The maximum atomic E-state index is 12.2. The summed E-state index contributed by atoms with van der Waals surface area (Å²) in [7, 11) is 0. The molecular formula is C24H32O4. The quantitative estimate of drug-likeness (QED) is 0.678. The summed E-state index contributed by atoms with van der Waals surface area (Å²) in [6.07, 6.45) is 11.6. The minimum Gasteiger partial charge on any atom is -0.360 e. The monoisotopic (exact) mass is 384 g/mol. The third-order valence-electron chi connectivity index (χ3n) is 9.67. The van der Waals surface area contributed by atoms with Crippen LogP contribution in [0.1, 0.15) is 46.5 Å². The summed E-state index contributed by atoms with van der Waals surface area (Å²) in [6.45, 7) is 8.73. The summed E-state index contributed by atoms with van der Waals surface area (Å²) < 4.78 is 17.7. The Kier molecular flexibility index (Phi) is 3.70. The highest BCUT2D eigenvalue weighted by Crippen LogP contribution is 2.68. The Morgan fingerprint density at radius 1 is 1.11 bits per heavy atom. The second-order valence-electron chi connectivity index (χ2n) is 10.6. The molecule has 9 atom stereocenters. The number of rotatable bonds is 2. The first kappa shape index (κ1) is 17.9. The Labute approximate surface area is 167 Å². The van der Waals surface area contributed by atoms with Crippen molar-refractivity contribution in [1.82, 2.24) is 0 Å². The van der Waals surface area contributed by atoms with Crippen LogP contribution in [0.3, 0.4) is 0 Å². The second kappa shape index (κ2) is 5.80. The van der Waals surface area contributed by atoms with Gasteiger partial charge < -0.3 is 14.2 Å². The molecule has 0 aromatic rings. The minimum atomic E-state index is -0.165. The number of carbonyl (C=O) groups excluding carboxylic acids is 1. The van der Waals surface area contributed by atoms with E-state index in [2.05, 4.69) is 32.9 Å². The molecule has 0 amide bonds. The van der Waals surface area contributed by atoms with Gasteiger partial charge in [-0.2, -0.15) is 0 Å². The highest BCUT2D eigenvalue weighted by atomic mass is 16.7. The van der Waals surface area contributed by atoms with Crippen LogP contribution < -0.4 is 0 Å². The van der Waals surface area contributed by atoms with Crippen molar-refractivity contribution in [2.75, 3.05) is 13.2 Å². The minimum absolute atomic E-state index is 0.0146. The lowest BCUT2D eigenvalue weighted by Gasteiger charge is -2.56. The van der Waals surface area contributed by atoms with E-state index < -0.39 is 0 Å². The molecule has 4 heteroatoms. The zero-order chi connectivity index (χ0) is 19.3. The standard InChI is InChI=1S/C24H32O4/c1-13(22-26-10-11-27-22)16-6-7-17-15-5-4-14-12-19(25)20-21(28-20)24(14,3)18(15)8-9-23(16,17)2/h4-5,12-13,15-18,20-22H,6-11H2,1-3H3/t13?,15-,16+,17-,18-,20-,21-,23+,24-/m0/s1. The summed E-state index contributed by atoms with van der Waals surface area (Å²) in [5.41, 5.74) is 1.59. The summed E-state index contributed by atoms with van der Waals surface area (Å²) in [6, 6.07) is 0. The van der Waals surface area contributed by atoms with Crippen molar-refractivity contribution in [3.63, 3.8) is 0 Å². The van der Waals surface area contributed by atoms with Crippen LogP contribution in [0.2, 0.25) is 0 Å². The molecule has 4 aliphatic carbocycles. The van der Waals surface area contributed by atoms with Crippen LogP contribution in [0.25, 0.3) is 0 Å². The number of allylic oxidation sites excluding steroid dienone is 2. The average Bonchev–Trinajstić information content (AvgIpc) is 3.17. The van der Waals surface area contributed by atoms with Gasteiger partial charge in [0.2, 0.25) is 0 Å². The molecule has 0 N–H and O–H groups in total. The maximum absolute atomic E-state index is 12.2. The van der Waals surface area contributed by atoms with Gasteiger partial charge in [-0.15, -0.1) is 0 Å². The zero-order valence-electron chi connectivity index (χ0n) is 17.2. The molecule has 2 heterocycles. The predicted octanol–water partition coefficient (Wildman–Crippen LogP) is 3.91. The molecule has 0 bridgehead atoms. The SMILES string of the molecule is CC(C1OCCO1)[C@H]1CC[C@H]2[C@@H]3C=CC4=CC(=O)[C@@H]5O[C@@H]5[C@]4(C)[C@H]3CC[C@]12C. The van der Waals surface area contributed by atoms with Gasteiger partial charge in [-0.05, 0) is 66.4 Å². The van der Waals surface area contributed by atoms with E-state index in [1.165, 1.54) is 31.3 Å². The van der Waals surface area contributed by atoms with Crippen LogP contribution >= 0.6 is 0 Å². The lowest BCUT2D eigenvalue weighted by Crippen LogP contribution is -2.52. The third kappa shape index (κ3) is 2.15. The van der Waals surface area contributed by atoms with E-state index in [4.69, 9.17) is 14.2 Å². The number of carbonyl (C=O) groups is 1. The Morgan fingerprint density at radius 2 is 1.89 bits per heavy atom. The van der Waals surface area contributed by atoms with Crippen molar-refractivity contribution in [3.8, 4) is 0 Å². The molecule has 2 aliphatic heterocycles. The van der Waals surface area contributed by atoms with Crippen LogP contribution in [0.15, 0.2) is 23.8 Å². The van der Waals surface area contributed by atoms with Crippen molar-refractivity contribution in [3.05, 3.63) is 23.8 Å². The summed E-state index contributed by atoms with van der Waals surface area (Å²) in [5.74, 6) is 3.20. The Balaban J connectivity index is 1.32. The van der Waals surface area contributed by atoms with Gasteiger partial charge in [0.05, 0.1) is 13.2 Å².